The molecule has 8 rings (SSSR count). The first-order valence-electron chi connectivity index (χ1n) is 38.6. The first kappa shape index (κ1) is 108. The van der Waals surface area contributed by atoms with Crippen LogP contribution in [0.4, 0.5) is 0 Å². The Morgan fingerprint density at radius 1 is 0.522 bits per heavy atom. The van der Waals surface area contributed by atoms with Crippen molar-refractivity contribution in [2.75, 3.05) is 26.9 Å². The Morgan fingerprint density at radius 2 is 0.983 bits per heavy atom. The van der Waals surface area contributed by atoms with Gasteiger partial charge in [0, 0.05) is 69.7 Å². The molecule has 115 heavy (non-hydrogen) atoms. The van der Waals surface area contributed by atoms with Gasteiger partial charge in [-0.3, -0.25) is 0 Å². The van der Waals surface area contributed by atoms with Crippen LogP contribution in [-0.2, 0) is 54.5 Å². The Bertz CT molecular complexity index is 3990. The second-order valence-corrected chi connectivity index (χ2v) is 25.1. The molecule has 12 heteroatoms. The predicted molar refractivity (Wildman–Crippen MR) is 502 cm³/mol. The van der Waals surface area contributed by atoms with E-state index in [0.717, 1.165) is 90.2 Å². The van der Waals surface area contributed by atoms with Gasteiger partial charge in [-0.2, -0.15) is 0 Å². The van der Waals surface area contributed by atoms with Gasteiger partial charge in [-0.15, -0.1) is 41.4 Å². The van der Waals surface area contributed by atoms with Crippen molar-refractivity contribution in [3.05, 3.63) is 404 Å². The zero-order chi connectivity index (χ0) is 84.0. The van der Waals surface area contributed by atoms with Crippen LogP contribution in [0.15, 0.2) is 348 Å². The number of benzene rings is 8. The van der Waals surface area contributed by atoms with Crippen LogP contribution in [0.5, 0.6) is 0 Å². The Hall–Kier alpha value is -9.27. The number of methoxy groups -OCH3 is 1. The van der Waals surface area contributed by atoms with E-state index >= 15 is 0 Å². The number of carbonyl (C=O) groups excluding carboxylic acids is 1. The number of ether oxygens (including phenoxy) is 5. The molecule has 4 unspecified atom stereocenters. The van der Waals surface area contributed by atoms with Gasteiger partial charge in [-0.1, -0.05) is 381 Å². The minimum absolute atomic E-state index is 0. The van der Waals surface area contributed by atoms with Crippen LogP contribution < -0.4 is 0 Å². The zero-order valence-corrected chi connectivity index (χ0v) is 74.1. The molecule has 0 aliphatic rings. The third-order valence-electron chi connectivity index (χ3n) is 16.0. The number of aliphatic hydroxyl groups excluding tert-OH is 3. The third kappa shape index (κ3) is 58.3. The molecular weight excluding hydrogens is 1700 g/mol. The Labute approximate surface area is 729 Å². The predicted octanol–water partition coefficient (Wildman–Crippen LogP) is 26.6. The molecule has 0 aliphatic carbocycles. The van der Waals surface area contributed by atoms with Crippen LogP contribution >= 0.6 is 44.3 Å². The minimum atomic E-state index is -0.323. The van der Waals surface area contributed by atoms with Crippen molar-refractivity contribution in [2.24, 2.45) is 0 Å². The molecule has 0 radical (unpaired) electrons. The van der Waals surface area contributed by atoms with E-state index in [2.05, 4.69) is 189 Å². The van der Waals surface area contributed by atoms with E-state index in [9.17, 15) is 4.79 Å². The Balaban J connectivity index is 0. The number of halogens is 2. The molecule has 0 saturated heterocycles. The van der Waals surface area contributed by atoms with Crippen LogP contribution in [0, 0.1) is 37.5 Å². The number of hydrogen-bond donors (Lipinski definition) is 3. The number of hydrogen-bond acceptors (Lipinski definition) is 9. The summed E-state index contributed by atoms with van der Waals surface area (Å²) in [6.07, 6.45) is 28.7. The topological polar surface area (TPSA) is 124 Å². The van der Waals surface area contributed by atoms with Gasteiger partial charge in [0.15, 0.2) is 12.4 Å². The number of carbonyl (C=O) groups is 1. The van der Waals surface area contributed by atoms with Crippen molar-refractivity contribution in [1.82, 2.24) is 0 Å². The standard InChI is InChI=1S/C15H18O.C15H20O.C14H20O.C12H16O2.C12H14O.2C12H12O.C11H12O.Cu.2HI/c1-3-5-6-10-13-15(16-4-2)14-11-8-7-9-12-14;1-2-3-4-6-11-15(12-13-16)14-9-7-5-8-10-14;1-2-3-7-14(10-11-15)12-13-8-5-4-6-9-13;1-4-12(13-3)14-9-11-7-5-10(2)6-8-11;1-11(9-10-13)7-8-12-5-3-2-4-6-12;1-3-8-12(13-4-2)11-9-6-5-7-10-11;1-2-6-11(9-10-13)12-7-4-3-5-8-12;1-3-8-12-9-11-6-4-10(2)5-7-11;;;/h4,7-9,11-12,15H,2-3,5-6H2,1H3;5,7-10,15-16H,2-4,12-13H2,1H3;4-6,8-9,12,15H,2-3,7,10-11H2,1H3;4-8,12H,1,9H2,2-3H3;2-8,13H,1,9-10H2;4-10,12H,1-2H2;3-8,10-11H,1,9H2;4-8H,1,9H2,2H3;;2*1H/q;;;;;;;;+1;;/p-1/b;;14-12-;;8-7+;;;;;;/t;;;12-;;;;;;;/m...1......./s1. The Kier molecular flexibility index (Phi) is 73.7. The normalized spacial score (nSPS) is 10.9. The summed E-state index contributed by atoms with van der Waals surface area (Å²) in [5.74, 6) is 13.1. The molecule has 8 aromatic carbocycles. The molecule has 5 atom stereocenters. The SMILES string of the molecule is C=C(/C=C/c1ccccc1)CCO.C=C=CC(CC=O)c1ccccc1.C=C=CC(OC=C)c1ccccc1.C=C=COCc1ccc(C)cc1.C=COC(C#CCCCC)c1ccccc1.C=C[C@H](OC)OCc1ccc(C)cc1.CCCC/C(=C/c1ccccc1)CCO.CCCCC#CC(CCO)c1ccccc1.I.[Cu][I]. The number of allylic oxidation sites excluding steroid dienone is 2. The molecule has 0 saturated carbocycles. The summed E-state index contributed by atoms with van der Waals surface area (Å²) in [6.45, 7) is 37.3. The van der Waals surface area contributed by atoms with Gasteiger partial charge >= 0.3 is 33.1 Å². The summed E-state index contributed by atoms with van der Waals surface area (Å²) in [5.41, 5.74) is 22.0. The Morgan fingerprint density at radius 3 is 1.43 bits per heavy atom. The molecule has 3 N–H and O–H groups in total. The van der Waals surface area contributed by atoms with Crippen LogP contribution in [-0.4, -0.2) is 54.8 Å². The fraction of sp³-hybridized carbons (Fsp3) is 0.282. The van der Waals surface area contributed by atoms with Crippen molar-refractivity contribution in [2.45, 2.75) is 162 Å². The van der Waals surface area contributed by atoms with E-state index < -0.39 is 0 Å². The van der Waals surface area contributed by atoms with E-state index in [1.807, 2.05) is 200 Å². The van der Waals surface area contributed by atoms with Gasteiger partial charge in [0.25, 0.3) is 0 Å². The molecule has 9 nitrogen and oxygen atoms in total. The summed E-state index contributed by atoms with van der Waals surface area (Å²) >= 11 is 5.87. The third-order valence-corrected chi connectivity index (χ3v) is 16.0. The van der Waals surface area contributed by atoms with Crippen LogP contribution in [0.25, 0.3) is 12.2 Å². The maximum atomic E-state index is 10.4. The molecule has 0 amide bonds. The van der Waals surface area contributed by atoms with Gasteiger partial charge in [0.05, 0.1) is 19.1 Å². The van der Waals surface area contributed by atoms with Crippen molar-refractivity contribution < 1.29 is 56.6 Å². The summed E-state index contributed by atoms with van der Waals surface area (Å²) in [5, 5.41) is 26.6. The van der Waals surface area contributed by atoms with Crippen LogP contribution in [0.3, 0.4) is 0 Å². The van der Waals surface area contributed by atoms with E-state index in [0.29, 0.717) is 26.1 Å². The first-order valence-corrected chi connectivity index (χ1v) is 41.6. The number of unbranched alkanes of at least 4 members (excludes halogenated alkanes) is 5. The monoisotopic (exact) mass is 1820 g/mol. The van der Waals surface area contributed by atoms with E-state index in [-0.39, 0.29) is 74.1 Å². The maximum absolute atomic E-state index is 10.4. The fourth-order valence-electron chi connectivity index (χ4n) is 9.84. The molecule has 616 valence electrons. The van der Waals surface area contributed by atoms with Gasteiger partial charge in [0.1, 0.15) is 25.3 Å². The van der Waals surface area contributed by atoms with Crippen LogP contribution in [0.2, 0.25) is 0 Å². The van der Waals surface area contributed by atoms with Crippen LogP contribution in [0.1, 0.15) is 184 Å². The van der Waals surface area contributed by atoms with E-state index in [4.69, 9.17) is 39.0 Å². The quantitative estimate of drug-likeness (QED) is 0.00336. The number of rotatable bonds is 36. The van der Waals surface area contributed by atoms with Gasteiger partial charge in [-0.05, 0) is 110 Å². The zero-order valence-electron chi connectivity index (χ0n) is 68.7. The number of aliphatic hydroxyl groups is 3. The number of aryl methyl sites for hydroxylation is 2. The fourth-order valence-corrected chi connectivity index (χ4v) is 9.84. The average Bonchev–Trinajstić information content (AvgIpc) is 0.841. The van der Waals surface area contributed by atoms with E-state index in [1.165, 1.54) is 72.3 Å². The van der Waals surface area contributed by atoms with Gasteiger partial charge in [0.2, 0.25) is 0 Å². The second-order valence-electron chi connectivity index (χ2n) is 25.1. The summed E-state index contributed by atoms with van der Waals surface area (Å²) in [4.78, 5) is 10.4. The molecule has 0 fully saturated rings. The molecule has 0 aliphatic heterocycles. The second kappa shape index (κ2) is 78.6. The molecule has 0 spiro atoms. The first-order chi connectivity index (χ1) is 55.8. The number of aldehydes is 1. The van der Waals surface area contributed by atoms with Crippen molar-refractivity contribution in [3.8, 4) is 23.7 Å². The molecule has 8 aromatic rings. The van der Waals surface area contributed by atoms with Gasteiger partial charge < -0.3 is 43.8 Å². The van der Waals surface area contributed by atoms with Crippen molar-refractivity contribution in [3.63, 3.8) is 0 Å². The molecular formula is C103H125CuI2O9. The summed E-state index contributed by atoms with van der Waals surface area (Å²) in [7, 11) is 1.60. The molecule has 0 heterocycles. The molecule has 0 bridgehead atoms. The molecule has 0 aromatic heterocycles. The summed E-state index contributed by atoms with van der Waals surface area (Å²) in [6, 6.07) is 76.7. The average molecular weight is 1820 g/mol. The van der Waals surface area contributed by atoms with E-state index in [1.54, 1.807) is 39.6 Å². The van der Waals surface area contributed by atoms with Crippen molar-refractivity contribution >= 4 is 62.8 Å². The van der Waals surface area contributed by atoms with Gasteiger partial charge in [-0.25, -0.2) is 0 Å². The van der Waals surface area contributed by atoms with Crippen molar-refractivity contribution in [1.29, 1.82) is 0 Å². The summed E-state index contributed by atoms with van der Waals surface area (Å²) < 4.78 is 26.2.